The molecule has 1 aliphatic carbocycles. The Hall–Kier alpha value is -2.78. The Morgan fingerprint density at radius 1 is 1.19 bits per heavy atom. The van der Waals surface area contributed by atoms with Gasteiger partial charge in [-0.2, -0.15) is 13.1 Å². The number of nitrogens with zero attached hydrogens (tertiary/aromatic N) is 1. The number of primary amides is 1. The van der Waals surface area contributed by atoms with Crippen molar-refractivity contribution in [1.29, 1.82) is 0 Å². The van der Waals surface area contributed by atoms with Crippen LogP contribution in [0.2, 0.25) is 0 Å². The van der Waals surface area contributed by atoms with Crippen LogP contribution in [0.3, 0.4) is 0 Å². The zero-order chi connectivity index (χ0) is 26.2. The molecule has 1 aliphatic heterocycles. The molecule has 36 heavy (non-hydrogen) atoms. The Labute approximate surface area is 220 Å². The number of halogens is 3. The van der Waals surface area contributed by atoms with Crippen LogP contribution in [-0.4, -0.2) is 44.4 Å². The normalized spacial score (nSPS) is 20.2. The molecule has 2 atom stereocenters. The van der Waals surface area contributed by atoms with Crippen LogP contribution in [-0.2, 0) is 26.2 Å². The average molecular weight is 631 g/mol. The van der Waals surface area contributed by atoms with E-state index < -0.39 is 45.7 Å². The van der Waals surface area contributed by atoms with E-state index in [0.29, 0.717) is 3.57 Å². The molecule has 0 spiro atoms. The lowest BCUT2D eigenvalue weighted by Gasteiger charge is -2.37. The minimum absolute atomic E-state index is 0.0490. The molecule has 2 amide bonds. The van der Waals surface area contributed by atoms with Crippen molar-refractivity contribution in [1.82, 2.24) is 9.62 Å². The zero-order valence-corrected chi connectivity index (χ0v) is 22.1. The Balaban J connectivity index is 1.58. The molecule has 2 unspecified atom stereocenters. The van der Waals surface area contributed by atoms with Gasteiger partial charge in [-0.3, -0.25) is 14.3 Å². The first-order valence-corrected chi connectivity index (χ1v) is 13.6. The van der Waals surface area contributed by atoms with Crippen molar-refractivity contribution in [2.45, 2.75) is 31.5 Å². The highest BCUT2D eigenvalue weighted by molar-refractivity contribution is 14.1. The van der Waals surface area contributed by atoms with Gasteiger partial charge in [0.2, 0.25) is 5.91 Å². The molecule has 2 aromatic rings. The smallest absolute Gasteiger partial charge is 0.299 e. The predicted octanol–water partition coefficient (Wildman–Crippen LogP) is 2.46. The average Bonchev–Trinajstić information content (AvgIpc) is 3.60. The number of rotatable bonds is 9. The number of likely N-dealkylation sites (N-methyl/N-ethyl adjacent to an activating group) is 1. The Morgan fingerprint density at radius 2 is 1.92 bits per heavy atom. The number of nitrogens with two attached hydrogens (primary N) is 1. The monoisotopic (exact) mass is 631 g/mol. The van der Waals surface area contributed by atoms with Gasteiger partial charge in [0, 0.05) is 28.7 Å². The van der Waals surface area contributed by atoms with Gasteiger partial charge in [-0.1, -0.05) is 18.2 Å². The molecule has 0 saturated heterocycles. The number of hydrogen-bond donors (Lipinski definition) is 4. The second-order valence-corrected chi connectivity index (χ2v) is 11.4. The molecule has 1 fully saturated rings. The van der Waals surface area contributed by atoms with E-state index in [0.717, 1.165) is 12.8 Å². The predicted molar refractivity (Wildman–Crippen MR) is 139 cm³/mol. The number of anilines is 2. The van der Waals surface area contributed by atoms with Crippen molar-refractivity contribution in [2.24, 2.45) is 11.7 Å². The van der Waals surface area contributed by atoms with Crippen molar-refractivity contribution in [3.05, 3.63) is 68.8 Å². The number of carbonyl (C=O) groups excluding carboxylic acids is 2. The second-order valence-electron chi connectivity index (χ2n) is 8.70. The number of carbonyl (C=O) groups is 2. The quantitative estimate of drug-likeness (QED) is 0.316. The van der Waals surface area contributed by atoms with Crippen molar-refractivity contribution < 1.29 is 26.8 Å². The molecule has 1 saturated carbocycles. The summed E-state index contributed by atoms with van der Waals surface area (Å²) in [7, 11) is -2.53. The Bertz CT molecular complexity index is 1350. The summed E-state index contributed by atoms with van der Waals surface area (Å²) in [4.78, 5) is 26.6. The van der Waals surface area contributed by atoms with Gasteiger partial charge in [0.05, 0.1) is 17.3 Å². The summed E-state index contributed by atoms with van der Waals surface area (Å²) in [6.07, 6.45) is 1.61. The molecule has 4 rings (SSSR count). The second kappa shape index (κ2) is 10.3. The van der Waals surface area contributed by atoms with Gasteiger partial charge >= 0.3 is 0 Å². The molecule has 0 aromatic heterocycles. The molecule has 0 bridgehead atoms. The lowest BCUT2D eigenvalue weighted by molar-refractivity contribution is -0.131. The zero-order valence-electron chi connectivity index (χ0n) is 19.1. The highest BCUT2D eigenvalue weighted by atomic mass is 127. The summed E-state index contributed by atoms with van der Waals surface area (Å²) in [6.45, 7) is 0. The van der Waals surface area contributed by atoms with Crippen LogP contribution in [0, 0.1) is 21.1 Å². The number of hydrogen-bond acceptors (Lipinski definition) is 5. The largest absolute Gasteiger partial charge is 0.369 e. The highest BCUT2D eigenvalue weighted by Crippen LogP contribution is 2.29. The van der Waals surface area contributed by atoms with Gasteiger partial charge < -0.3 is 16.0 Å². The molecular weight excluding hydrogens is 607 g/mol. The van der Waals surface area contributed by atoms with E-state index in [2.05, 4.69) is 14.8 Å². The molecule has 2 aromatic carbocycles. The van der Waals surface area contributed by atoms with Crippen LogP contribution in [0.5, 0.6) is 0 Å². The first kappa shape index (κ1) is 26.3. The van der Waals surface area contributed by atoms with E-state index >= 15 is 4.39 Å². The first-order chi connectivity index (χ1) is 16.9. The van der Waals surface area contributed by atoms with Gasteiger partial charge in [0.25, 0.3) is 16.1 Å². The topological polar surface area (TPSA) is 134 Å². The van der Waals surface area contributed by atoms with Gasteiger partial charge in [0.1, 0.15) is 12.0 Å². The van der Waals surface area contributed by atoms with Gasteiger partial charge in [-0.15, -0.1) is 0 Å². The van der Waals surface area contributed by atoms with E-state index in [1.165, 1.54) is 48.4 Å². The van der Waals surface area contributed by atoms with Crippen LogP contribution in [0.25, 0.3) is 0 Å². The van der Waals surface area contributed by atoms with Crippen LogP contribution in [0.4, 0.5) is 20.2 Å². The van der Waals surface area contributed by atoms with E-state index in [1.807, 2.05) is 22.6 Å². The molecule has 2 aliphatic rings. The lowest BCUT2D eigenvalue weighted by Crippen LogP contribution is -2.53. The molecular formula is C23H24F2IN5O4S. The summed E-state index contributed by atoms with van der Waals surface area (Å²) < 4.78 is 59.2. The molecule has 13 heteroatoms. The molecule has 5 N–H and O–H groups in total. The SMILES string of the molecule is CN1C(=O)C(Cc2cccc(NS(=O)(=O)NC3CC3)c2F)=CC(C(N)=O)C1Nc1ccc(I)cc1F. The van der Waals surface area contributed by atoms with Crippen molar-refractivity contribution in [3.8, 4) is 0 Å². The van der Waals surface area contributed by atoms with E-state index in [9.17, 15) is 22.4 Å². The van der Waals surface area contributed by atoms with E-state index in [-0.39, 0.29) is 35.0 Å². The summed E-state index contributed by atoms with van der Waals surface area (Å²) in [5.74, 6) is -3.71. The summed E-state index contributed by atoms with van der Waals surface area (Å²) in [5, 5.41) is 2.86. The van der Waals surface area contributed by atoms with Crippen LogP contribution < -0.4 is 20.5 Å². The standard InChI is InChI=1S/C23H24F2IN5O4S/c1-31-22(28-18-8-5-14(26)11-17(18)24)16(21(27)32)10-13(23(31)33)9-12-3-2-4-19(20(12)25)30-36(34,35)29-15-6-7-15/h2-5,8,10-11,15-16,22,28-30H,6-7,9H2,1H3,(H2,27,32). The maximum atomic E-state index is 15.2. The minimum Gasteiger partial charge on any atom is -0.369 e. The molecule has 0 radical (unpaired) electrons. The summed E-state index contributed by atoms with van der Waals surface area (Å²) >= 11 is 1.96. The molecule has 9 nitrogen and oxygen atoms in total. The third-order valence-corrected chi connectivity index (χ3v) is 7.70. The number of nitrogens with one attached hydrogen (secondary N) is 3. The van der Waals surface area contributed by atoms with Gasteiger partial charge in [0.15, 0.2) is 5.82 Å². The van der Waals surface area contributed by atoms with Crippen LogP contribution in [0.1, 0.15) is 18.4 Å². The summed E-state index contributed by atoms with van der Waals surface area (Å²) in [5.41, 5.74) is 5.56. The van der Waals surface area contributed by atoms with E-state index in [1.54, 1.807) is 6.07 Å². The fourth-order valence-corrected chi connectivity index (χ4v) is 5.53. The number of benzene rings is 2. The third kappa shape index (κ3) is 5.95. The van der Waals surface area contributed by atoms with Crippen LogP contribution >= 0.6 is 22.6 Å². The fourth-order valence-electron chi connectivity index (χ4n) is 3.89. The third-order valence-electron chi connectivity index (χ3n) is 5.90. The van der Waals surface area contributed by atoms with Gasteiger partial charge in [-0.05, 0) is 65.3 Å². The maximum absolute atomic E-state index is 15.2. The summed E-state index contributed by atoms with van der Waals surface area (Å²) in [6, 6.07) is 8.46. The van der Waals surface area contributed by atoms with Crippen LogP contribution in [0.15, 0.2) is 48.0 Å². The maximum Gasteiger partial charge on any atom is 0.299 e. The lowest BCUT2D eigenvalue weighted by atomic mass is 9.91. The molecule has 192 valence electrons. The minimum atomic E-state index is -3.96. The van der Waals surface area contributed by atoms with E-state index in [4.69, 9.17) is 5.73 Å². The highest BCUT2D eigenvalue weighted by Gasteiger charge is 2.38. The van der Waals surface area contributed by atoms with Crippen molar-refractivity contribution >= 4 is 56.0 Å². The van der Waals surface area contributed by atoms with Gasteiger partial charge in [-0.25, -0.2) is 8.78 Å². The Morgan fingerprint density at radius 3 is 2.56 bits per heavy atom. The Kier molecular flexibility index (Phi) is 7.52. The first-order valence-electron chi connectivity index (χ1n) is 11.0. The molecule has 1 heterocycles. The fraction of sp³-hybridized carbons (Fsp3) is 0.304. The van der Waals surface area contributed by atoms with Crippen molar-refractivity contribution in [3.63, 3.8) is 0 Å². The number of amides is 2. The van der Waals surface area contributed by atoms with Crippen molar-refractivity contribution in [2.75, 3.05) is 17.1 Å².